The fraction of sp³-hybridized carbons (Fsp3) is 0.625. The minimum absolute atomic E-state index is 0.214. The summed E-state index contributed by atoms with van der Waals surface area (Å²) < 4.78 is 65.9. The number of halogens is 2. The van der Waals surface area contributed by atoms with E-state index in [1.165, 1.54) is 48.5 Å². The van der Waals surface area contributed by atoms with Crippen molar-refractivity contribution in [2.45, 2.75) is 88.0 Å². The number of nitro benzene ring substituents is 1. The van der Waals surface area contributed by atoms with E-state index in [0.29, 0.717) is 0 Å². The number of benzene rings is 1. The maximum atomic E-state index is 15.1. The van der Waals surface area contributed by atoms with Gasteiger partial charge in [-0.2, -0.15) is 4.90 Å². The molecule has 2 bridgehead atoms. The molecule has 3 rings (SSSR count). The molecule has 1 aromatic rings. The summed E-state index contributed by atoms with van der Waals surface area (Å²) >= 11 is 0. The zero-order chi connectivity index (χ0) is 29.1. The fourth-order valence-corrected chi connectivity index (χ4v) is 7.42. The summed E-state index contributed by atoms with van der Waals surface area (Å²) in [5.74, 6) is -1.83. The van der Waals surface area contributed by atoms with Gasteiger partial charge in [-0.15, -0.1) is 0 Å². The van der Waals surface area contributed by atoms with Crippen LogP contribution in [0.15, 0.2) is 23.2 Å². The second-order valence-corrected chi connectivity index (χ2v) is 13.9. The Morgan fingerprint density at radius 3 is 2.13 bits per heavy atom. The predicted molar refractivity (Wildman–Crippen MR) is 133 cm³/mol. The van der Waals surface area contributed by atoms with Gasteiger partial charge in [0.05, 0.1) is 10.2 Å². The number of rotatable bonds is 3. The molecule has 1 saturated heterocycles. The highest BCUT2D eigenvalue weighted by Gasteiger charge is 2.68. The fourth-order valence-electron chi connectivity index (χ4n) is 4.72. The molecule has 0 N–H and O–H groups in total. The highest BCUT2D eigenvalue weighted by atomic mass is 32.2. The van der Waals surface area contributed by atoms with Crippen LogP contribution in [-0.4, -0.2) is 64.1 Å². The molecule has 11 nitrogen and oxygen atoms in total. The van der Waals surface area contributed by atoms with E-state index in [0.717, 1.165) is 18.2 Å². The summed E-state index contributed by atoms with van der Waals surface area (Å²) in [6.45, 7) is 8.65. The Bertz CT molecular complexity index is 1290. The van der Waals surface area contributed by atoms with Crippen molar-refractivity contribution in [2.24, 2.45) is 4.99 Å². The predicted octanol–water partition coefficient (Wildman–Crippen LogP) is 4.82. The van der Waals surface area contributed by atoms with Crippen LogP contribution in [-0.2, 0) is 24.8 Å². The molecule has 2 aliphatic rings. The molecule has 0 saturated carbocycles. The lowest BCUT2D eigenvalue weighted by molar-refractivity contribution is -0.385. The number of hydrogen-bond acceptors (Lipinski definition) is 9. The van der Waals surface area contributed by atoms with E-state index < -0.39 is 83.3 Å². The number of non-ortho nitro benzene ring substituents is 1. The number of carbonyl (C=O) groups is 2. The molecular weight excluding hydrogens is 528 g/mol. The third-order valence-corrected chi connectivity index (χ3v) is 9.42. The second-order valence-electron chi connectivity index (χ2n) is 11.5. The first kappa shape index (κ1) is 29.4. The monoisotopic (exact) mass is 559 g/mol. The van der Waals surface area contributed by atoms with Crippen LogP contribution in [0.5, 0.6) is 0 Å². The Labute approximate surface area is 219 Å². The van der Waals surface area contributed by atoms with Crippen molar-refractivity contribution in [2.75, 3.05) is 6.67 Å². The average molecular weight is 560 g/mol. The molecule has 3 atom stereocenters. The van der Waals surface area contributed by atoms with Gasteiger partial charge in [-0.1, -0.05) is 0 Å². The molecule has 2 amide bonds. The lowest BCUT2D eigenvalue weighted by Gasteiger charge is -2.43. The zero-order valence-corrected chi connectivity index (χ0v) is 23.0. The summed E-state index contributed by atoms with van der Waals surface area (Å²) in [5, 5.41) is 9.91. The van der Waals surface area contributed by atoms with Crippen molar-refractivity contribution in [1.29, 1.82) is 0 Å². The first-order valence-electron chi connectivity index (χ1n) is 11.8. The molecule has 210 valence electrons. The van der Waals surface area contributed by atoms with E-state index in [1.54, 1.807) is 0 Å². The molecule has 38 heavy (non-hydrogen) atoms. The molecule has 1 aromatic carbocycles. The molecule has 0 aliphatic carbocycles. The van der Waals surface area contributed by atoms with Gasteiger partial charge >= 0.3 is 12.2 Å². The van der Waals surface area contributed by atoms with E-state index in [4.69, 9.17) is 9.47 Å². The molecule has 1 fully saturated rings. The van der Waals surface area contributed by atoms with Crippen LogP contribution < -0.4 is 0 Å². The van der Waals surface area contributed by atoms with Crippen molar-refractivity contribution >= 4 is 33.5 Å². The first-order chi connectivity index (χ1) is 17.2. The molecule has 2 heterocycles. The summed E-state index contributed by atoms with van der Waals surface area (Å²) in [7, 11) is -4.59. The van der Waals surface area contributed by atoms with E-state index in [1.807, 2.05) is 0 Å². The van der Waals surface area contributed by atoms with E-state index >= 15 is 4.39 Å². The van der Waals surface area contributed by atoms with Gasteiger partial charge in [0, 0.05) is 17.7 Å². The van der Waals surface area contributed by atoms with Crippen LogP contribution in [0.2, 0.25) is 0 Å². The lowest BCUT2D eigenvalue weighted by atomic mass is 9.86. The van der Waals surface area contributed by atoms with Crippen LogP contribution in [0.3, 0.4) is 0 Å². The van der Waals surface area contributed by atoms with Gasteiger partial charge in [0.2, 0.25) is 0 Å². The highest BCUT2D eigenvalue weighted by Crippen LogP contribution is 2.53. The number of nitrogens with zero attached hydrogens (tertiary/aromatic N) is 3. The number of imide groups is 1. The normalized spacial score (nSPS) is 26.3. The number of amides is 2. The van der Waals surface area contributed by atoms with E-state index in [9.17, 15) is 32.5 Å². The highest BCUT2D eigenvalue weighted by molar-refractivity contribution is 7.94. The number of ether oxygens (including phenoxy) is 2. The molecule has 0 aromatic heterocycles. The molecule has 2 aliphatic heterocycles. The number of hydrogen-bond donors (Lipinski definition) is 0. The smallest absolute Gasteiger partial charge is 0.425 e. The minimum Gasteiger partial charge on any atom is -0.443 e. The van der Waals surface area contributed by atoms with Gasteiger partial charge in [0.15, 0.2) is 14.6 Å². The quantitative estimate of drug-likeness (QED) is 0.378. The Kier molecular flexibility index (Phi) is 7.15. The van der Waals surface area contributed by atoms with Gasteiger partial charge in [0.25, 0.3) is 5.69 Å². The largest absolute Gasteiger partial charge is 0.443 e. The maximum absolute atomic E-state index is 15.1. The van der Waals surface area contributed by atoms with Crippen molar-refractivity contribution in [1.82, 2.24) is 4.90 Å². The zero-order valence-electron chi connectivity index (χ0n) is 22.2. The van der Waals surface area contributed by atoms with Crippen LogP contribution in [0.1, 0.15) is 66.9 Å². The number of nitro groups is 1. The number of fused-ring (bicyclic) bond motifs is 2. The maximum Gasteiger partial charge on any atom is 0.425 e. The summed E-state index contributed by atoms with van der Waals surface area (Å²) in [4.78, 5) is 41.9. The molecule has 0 unspecified atom stereocenters. The third-order valence-electron chi connectivity index (χ3n) is 6.39. The van der Waals surface area contributed by atoms with Crippen molar-refractivity contribution in [3.8, 4) is 0 Å². The van der Waals surface area contributed by atoms with Gasteiger partial charge in [-0.3, -0.25) is 15.1 Å². The minimum atomic E-state index is -4.59. The molecule has 14 heteroatoms. The van der Waals surface area contributed by atoms with E-state index in [2.05, 4.69) is 4.99 Å². The van der Waals surface area contributed by atoms with Gasteiger partial charge in [0.1, 0.15) is 35.1 Å². The average Bonchev–Trinajstić information content (AvgIpc) is 2.92. The number of sulfone groups is 1. The summed E-state index contributed by atoms with van der Waals surface area (Å²) in [6, 6.07) is 2.54. The molecule has 0 radical (unpaired) electrons. The number of alkyl halides is 1. The Morgan fingerprint density at radius 1 is 1.16 bits per heavy atom. The van der Waals surface area contributed by atoms with Gasteiger partial charge < -0.3 is 9.47 Å². The van der Waals surface area contributed by atoms with Gasteiger partial charge in [-0.25, -0.2) is 26.8 Å². The van der Waals surface area contributed by atoms with Crippen LogP contribution in [0.4, 0.5) is 24.1 Å². The molecule has 0 spiro atoms. The Balaban J connectivity index is 2.38. The Morgan fingerprint density at radius 2 is 1.68 bits per heavy atom. The second kappa shape index (κ2) is 9.24. The lowest BCUT2D eigenvalue weighted by Crippen LogP contribution is -2.63. The van der Waals surface area contributed by atoms with Crippen molar-refractivity contribution < 1.29 is 41.2 Å². The van der Waals surface area contributed by atoms with Crippen LogP contribution in [0.25, 0.3) is 0 Å². The topological polar surface area (TPSA) is 145 Å². The summed E-state index contributed by atoms with van der Waals surface area (Å²) in [5.41, 5.74) is -5.39. The van der Waals surface area contributed by atoms with Crippen molar-refractivity contribution in [3.05, 3.63) is 39.7 Å². The number of aliphatic imine (C=N–C) groups is 1. The SMILES string of the molecule is CC(C)(C)OC(=O)N(C(=O)OC(C)(C)C)C1=N[C@](C)(c2cc([N+](=O)[O-])ccc2F)[C@@H]2CC[C@@]1(CF)S2(=O)=O. The number of carbonyl (C=O) groups excluding carboxylic acids is 2. The third kappa shape index (κ3) is 4.85. The first-order valence-corrected chi connectivity index (χ1v) is 13.3. The van der Waals surface area contributed by atoms with Gasteiger partial charge in [-0.05, 0) is 67.4 Å². The Hall–Kier alpha value is -3.16. The van der Waals surface area contributed by atoms with E-state index in [-0.39, 0.29) is 17.7 Å². The number of amidine groups is 1. The van der Waals surface area contributed by atoms with Crippen LogP contribution >= 0.6 is 0 Å². The van der Waals surface area contributed by atoms with Crippen molar-refractivity contribution in [3.63, 3.8) is 0 Å². The summed E-state index contributed by atoms with van der Waals surface area (Å²) in [6.07, 6.45) is -3.35. The molecular formula is C24H31F2N3O8S. The van der Waals surface area contributed by atoms with Crippen LogP contribution in [0, 0.1) is 15.9 Å². The standard InChI is InChI=1S/C24H31F2N3O8S/c1-21(2,3)36-19(30)28(20(31)37-22(4,5)6)18-24(13-25)11-10-17(38(24,34)35)23(7,27-18)15-12-14(29(32)33)8-9-16(15)26/h8-9,12,17H,10-11,13H2,1-7H3/t17-,23+,24-/m0/s1.